The van der Waals surface area contributed by atoms with Crippen LogP contribution < -0.4 is 4.74 Å². The van der Waals surface area contributed by atoms with Crippen LogP contribution in [-0.2, 0) is 20.9 Å². The Kier molecular flexibility index (Phi) is 3.66. The topological polar surface area (TPSA) is 76.1 Å². The molecule has 0 spiro atoms. The number of fused-ring (bicyclic) bond motifs is 1. The summed E-state index contributed by atoms with van der Waals surface area (Å²) in [7, 11) is 0. The second-order valence-corrected chi connectivity index (χ2v) is 6.07. The van der Waals surface area contributed by atoms with Gasteiger partial charge in [-0.15, -0.1) is 0 Å². The van der Waals surface area contributed by atoms with Crippen LogP contribution in [0.5, 0.6) is 5.75 Å². The van der Waals surface area contributed by atoms with Crippen LogP contribution >= 0.6 is 0 Å². The van der Waals surface area contributed by atoms with E-state index in [9.17, 15) is 14.7 Å². The second-order valence-electron chi connectivity index (χ2n) is 6.07. The Balaban J connectivity index is 1.75. The first-order chi connectivity index (χ1) is 10.4. The van der Waals surface area contributed by atoms with Gasteiger partial charge in [-0.05, 0) is 17.7 Å². The van der Waals surface area contributed by atoms with Crippen LogP contribution in [0.4, 0.5) is 0 Å². The molecule has 1 aromatic rings. The van der Waals surface area contributed by atoms with Crippen LogP contribution in [0.15, 0.2) is 18.2 Å². The lowest BCUT2D eigenvalue weighted by atomic mass is 10.0. The van der Waals surface area contributed by atoms with E-state index in [0.29, 0.717) is 12.2 Å². The Morgan fingerprint density at radius 3 is 2.64 bits per heavy atom. The number of aliphatic hydroxyl groups is 1. The van der Waals surface area contributed by atoms with Crippen LogP contribution in [0.2, 0.25) is 0 Å². The first-order valence-electron chi connectivity index (χ1n) is 7.33. The maximum Gasteiger partial charge on any atom is 0.229 e. The monoisotopic (exact) mass is 305 g/mol. The Morgan fingerprint density at radius 2 is 1.95 bits per heavy atom. The third kappa shape index (κ3) is 2.84. The van der Waals surface area contributed by atoms with Gasteiger partial charge in [0.1, 0.15) is 5.75 Å². The van der Waals surface area contributed by atoms with Gasteiger partial charge in [-0.25, -0.2) is 0 Å². The number of hydrogen-bond acceptors (Lipinski definition) is 5. The fraction of sp³-hybridized carbons (Fsp3) is 0.500. The zero-order valence-electron chi connectivity index (χ0n) is 12.7. The van der Waals surface area contributed by atoms with Crippen molar-refractivity contribution in [3.05, 3.63) is 29.3 Å². The van der Waals surface area contributed by atoms with Crippen molar-refractivity contribution in [3.8, 4) is 5.75 Å². The lowest BCUT2D eigenvalue weighted by Crippen LogP contribution is -2.35. The van der Waals surface area contributed by atoms with Gasteiger partial charge in [0.15, 0.2) is 0 Å². The predicted molar refractivity (Wildman–Crippen MR) is 76.9 cm³/mol. The molecule has 3 rings (SSSR count). The number of amides is 2. The van der Waals surface area contributed by atoms with E-state index >= 15 is 0 Å². The van der Waals surface area contributed by atoms with Gasteiger partial charge in [-0.1, -0.05) is 6.07 Å². The maximum atomic E-state index is 11.6. The molecular formula is C16H19NO5. The van der Waals surface area contributed by atoms with Crippen LogP contribution in [0.3, 0.4) is 0 Å². The van der Waals surface area contributed by atoms with Crippen molar-refractivity contribution >= 4 is 11.8 Å². The minimum atomic E-state index is -0.911. The van der Waals surface area contributed by atoms with Gasteiger partial charge in [0.05, 0.1) is 19.3 Å². The normalized spacial score (nSPS) is 21.5. The van der Waals surface area contributed by atoms with Crippen molar-refractivity contribution < 1.29 is 24.2 Å². The van der Waals surface area contributed by atoms with E-state index in [1.54, 1.807) is 18.2 Å². The highest BCUT2D eigenvalue weighted by Crippen LogP contribution is 2.33. The highest BCUT2D eigenvalue weighted by atomic mass is 16.7. The van der Waals surface area contributed by atoms with Crippen LogP contribution in [-0.4, -0.2) is 34.2 Å². The lowest BCUT2D eigenvalue weighted by molar-refractivity contribution is -0.180. The average Bonchev–Trinajstić information content (AvgIpc) is 2.77. The number of aliphatic hydroxyl groups excluding tert-OH is 1. The molecule has 0 aliphatic carbocycles. The van der Waals surface area contributed by atoms with E-state index in [-0.39, 0.29) is 31.2 Å². The number of benzene rings is 1. The minimum Gasteiger partial charge on any atom is -0.463 e. The van der Waals surface area contributed by atoms with Gasteiger partial charge in [0, 0.05) is 32.3 Å². The number of hydrogen-bond donors (Lipinski definition) is 1. The first-order valence-corrected chi connectivity index (χ1v) is 7.33. The second kappa shape index (κ2) is 5.37. The number of ether oxygens (including phenoxy) is 2. The number of nitrogens with zero attached hydrogens (tertiary/aromatic N) is 1. The zero-order valence-corrected chi connectivity index (χ0v) is 12.7. The van der Waals surface area contributed by atoms with E-state index in [1.165, 1.54) is 0 Å². The van der Waals surface area contributed by atoms with Crippen LogP contribution in [0.25, 0.3) is 0 Å². The fourth-order valence-corrected chi connectivity index (χ4v) is 2.67. The van der Waals surface area contributed by atoms with Gasteiger partial charge < -0.3 is 14.6 Å². The zero-order chi connectivity index (χ0) is 15.9. The molecule has 1 fully saturated rings. The van der Waals surface area contributed by atoms with Crippen molar-refractivity contribution in [2.45, 2.75) is 45.2 Å². The number of imide groups is 1. The molecule has 0 bridgehead atoms. The summed E-state index contributed by atoms with van der Waals surface area (Å²) in [5, 5.41) is 10.3. The molecule has 2 aliphatic heterocycles. The number of carbonyl (C=O) groups excluding carboxylic acids is 2. The highest BCUT2D eigenvalue weighted by Gasteiger charge is 2.32. The van der Waals surface area contributed by atoms with Gasteiger partial charge in [0.25, 0.3) is 0 Å². The number of rotatable bonds is 3. The van der Waals surface area contributed by atoms with Crippen LogP contribution in [0.1, 0.15) is 43.9 Å². The predicted octanol–water partition coefficient (Wildman–Crippen LogP) is 1.51. The first kappa shape index (κ1) is 15.0. The van der Waals surface area contributed by atoms with Crippen molar-refractivity contribution in [1.29, 1.82) is 0 Å². The molecule has 2 amide bonds. The molecule has 1 saturated heterocycles. The summed E-state index contributed by atoms with van der Waals surface area (Å²) < 4.78 is 11.3. The Labute approximate surface area is 128 Å². The average molecular weight is 305 g/mol. The molecule has 22 heavy (non-hydrogen) atoms. The summed E-state index contributed by atoms with van der Waals surface area (Å²) in [4.78, 5) is 24.3. The van der Waals surface area contributed by atoms with E-state index in [4.69, 9.17) is 9.47 Å². The van der Waals surface area contributed by atoms with Gasteiger partial charge in [-0.2, -0.15) is 0 Å². The van der Waals surface area contributed by atoms with Crippen molar-refractivity contribution in [2.24, 2.45) is 0 Å². The molecular weight excluding hydrogens is 286 g/mol. The molecule has 1 atom stereocenters. The molecule has 0 saturated carbocycles. The molecule has 0 aromatic heterocycles. The van der Waals surface area contributed by atoms with Gasteiger partial charge in [-0.3, -0.25) is 14.5 Å². The molecule has 2 aliphatic rings. The molecule has 0 radical (unpaired) electrons. The molecule has 2 heterocycles. The standard InChI is InChI=1S/C16H19NO5/c1-16(2)21-9-11-7-10(3-4-13(11)22-16)12(18)8-17-14(19)5-6-15(17)20/h3-4,7,12,18H,5-6,8-9H2,1-2H3/t12-/m0/s1. The molecule has 0 unspecified atom stereocenters. The summed E-state index contributed by atoms with van der Waals surface area (Å²) in [5.74, 6) is -0.395. The van der Waals surface area contributed by atoms with E-state index < -0.39 is 11.9 Å². The smallest absolute Gasteiger partial charge is 0.229 e. The van der Waals surface area contributed by atoms with Gasteiger partial charge in [0.2, 0.25) is 17.6 Å². The molecule has 6 heteroatoms. The molecule has 6 nitrogen and oxygen atoms in total. The van der Waals surface area contributed by atoms with Crippen LogP contribution in [0, 0.1) is 0 Å². The summed E-state index contributed by atoms with van der Waals surface area (Å²) in [6, 6.07) is 5.32. The number of β-amino-alcohol motifs (C(OH)–C–C–N with tert-alkyl or cyclic N) is 1. The lowest BCUT2D eigenvalue weighted by Gasteiger charge is -2.33. The Bertz CT molecular complexity index is 609. The summed E-state index contributed by atoms with van der Waals surface area (Å²) in [5.41, 5.74) is 1.48. The Hall–Kier alpha value is -1.92. The van der Waals surface area contributed by atoms with Gasteiger partial charge >= 0.3 is 0 Å². The summed E-state index contributed by atoms with van der Waals surface area (Å²) >= 11 is 0. The maximum absolute atomic E-state index is 11.6. The van der Waals surface area contributed by atoms with Crippen molar-refractivity contribution in [2.75, 3.05) is 6.54 Å². The molecule has 118 valence electrons. The van der Waals surface area contributed by atoms with E-state index in [2.05, 4.69) is 0 Å². The Morgan fingerprint density at radius 1 is 1.27 bits per heavy atom. The third-order valence-corrected chi connectivity index (χ3v) is 3.91. The summed E-state index contributed by atoms with van der Waals surface area (Å²) in [6.45, 7) is 4.06. The number of carbonyl (C=O) groups is 2. The van der Waals surface area contributed by atoms with Crippen molar-refractivity contribution in [1.82, 2.24) is 4.90 Å². The largest absolute Gasteiger partial charge is 0.463 e. The van der Waals surface area contributed by atoms with E-state index in [1.807, 2.05) is 13.8 Å². The number of likely N-dealkylation sites (tertiary alicyclic amines) is 1. The highest BCUT2D eigenvalue weighted by molar-refractivity contribution is 6.01. The quantitative estimate of drug-likeness (QED) is 0.857. The minimum absolute atomic E-state index is 0.0103. The fourth-order valence-electron chi connectivity index (χ4n) is 2.67. The third-order valence-electron chi connectivity index (χ3n) is 3.91. The van der Waals surface area contributed by atoms with Crippen molar-refractivity contribution in [3.63, 3.8) is 0 Å². The summed E-state index contributed by atoms with van der Waals surface area (Å²) in [6.07, 6.45) is -0.454. The SMILES string of the molecule is CC1(C)OCc2cc([C@@H](O)CN3C(=O)CCC3=O)ccc2O1. The molecule has 1 aromatic carbocycles. The molecule has 1 N–H and O–H groups in total. The van der Waals surface area contributed by atoms with E-state index in [0.717, 1.165) is 16.2 Å².